The third kappa shape index (κ3) is 3.99. The number of hydrogen-bond acceptors (Lipinski definition) is 3. The number of carbonyl (C=O) groups excluding carboxylic acids is 1. The van der Waals surface area contributed by atoms with Crippen molar-refractivity contribution in [2.75, 3.05) is 6.61 Å². The number of amides is 1. The Kier molecular flexibility index (Phi) is 6.31. The summed E-state index contributed by atoms with van der Waals surface area (Å²) < 4.78 is 5.56. The predicted octanol–water partition coefficient (Wildman–Crippen LogP) is 2.89. The van der Waals surface area contributed by atoms with Gasteiger partial charge in [0.15, 0.2) is 0 Å². The number of rotatable bonds is 6. The molecule has 1 amide bonds. The average Bonchev–Trinajstić information content (AvgIpc) is 3.12. The highest BCUT2D eigenvalue weighted by Crippen LogP contribution is 2.47. The lowest BCUT2D eigenvalue weighted by molar-refractivity contribution is -0.127. The molecule has 4 atom stereocenters. The third-order valence-corrected chi connectivity index (χ3v) is 5.15. The van der Waals surface area contributed by atoms with Crippen LogP contribution in [0.5, 0.6) is 5.75 Å². The van der Waals surface area contributed by atoms with E-state index in [1.807, 2.05) is 24.3 Å². The number of nitrogens with two attached hydrogens (primary N) is 1. The number of fused-ring (bicyclic) bond motifs is 2. The van der Waals surface area contributed by atoms with E-state index < -0.39 is 0 Å². The summed E-state index contributed by atoms with van der Waals surface area (Å²) in [5, 5.41) is 3.06. The first-order chi connectivity index (χ1) is 10.7. The molecule has 0 spiro atoms. The Morgan fingerprint density at radius 2 is 1.96 bits per heavy atom. The van der Waals surface area contributed by atoms with Crippen molar-refractivity contribution >= 4 is 18.3 Å². The summed E-state index contributed by atoms with van der Waals surface area (Å²) in [5.41, 5.74) is 7.31. The first-order valence-electron chi connectivity index (χ1n) is 8.44. The second-order valence-corrected chi connectivity index (χ2v) is 6.65. The summed E-state index contributed by atoms with van der Waals surface area (Å²) in [6.07, 6.45) is 4.51. The normalized spacial score (nSPS) is 28.3. The smallest absolute Gasteiger partial charge is 0.225 e. The van der Waals surface area contributed by atoms with Crippen molar-refractivity contribution in [2.45, 2.75) is 45.2 Å². The van der Waals surface area contributed by atoms with Crippen LogP contribution in [0.3, 0.4) is 0 Å². The first kappa shape index (κ1) is 18.1. The summed E-state index contributed by atoms with van der Waals surface area (Å²) in [4.78, 5) is 12.4. The highest BCUT2D eigenvalue weighted by molar-refractivity contribution is 5.85. The number of ether oxygens (including phenoxy) is 1. The molecule has 3 N–H and O–H groups in total. The molecule has 5 heteroatoms. The SMILES string of the molecule is CCCOc1ccc(CNC(=O)C2C3CCC(C3)C2N)cc1.Cl. The van der Waals surface area contributed by atoms with E-state index in [2.05, 4.69) is 12.2 Å². The largest absolute Gasteiger partial charge is 0.494 e. The molecule has 4 nitrogen and oxygen atoms in total. The quantitative estimate of drug-likeness (QED) is 0.838. The standard InChI is InChI=1S/C18H26N2O2.ClH/c1-2-9-22-15-7-3-12(4-8-15)11-20-18(21)16-13-5-6-14(10-13)17(16)19;/h3-4,7-8,13-14,16-17H,2,5-6,9-11,19H2,1H3,(H,20,21);1H. The zero-order chi connectivity index (χ0) is 15.5. The second-order valence-electron chi connectivity index (χ2n) is 6.65. The summed E-state index contributed by atoms with van der Waals surface area (Å²) >= 11 is 0. The minimum absolute atomic E-state index is 0. The van der Waals surface area contributed by atoms with Crippen molar-refractivity contribution in [1.82, 2.24) is 5.32 Å². The van der Waals surface area contributed by atoms with Crippen LogP contribution in [-0.4, -0.2) is 18.6 Å². The second kappa shape index (κ2) is 8.02. The van der Waals surface area contributed by atoms with Gasteiger partial charge in [-0.25, -0.2) is 0 Å². The fraction of sp³-hybridized carbons (Fsp3) is 0.611. The monoisotopic (exact) mass is 338 g/mol. The molecular weight excluding hydrogens is 312 g/mol. The van der Waals surface area contributed by atoms with Crippen LogP contribution in [0.15, 0.2) is 24.3 Å². The molecular formula is C18H27ClN2O2. The van der Waals surface area contributed by atoms with Crippen molar-refractivity contribution in [3.05, 3.63) is 29.8 Å². The lowest BCUT2D eigenvalue weighted by Gasteiger charge is -2.27. The van der Waals surface area contributed by atoms with Gasteiger partial charge in [0.1, 0.15) is 5.75 Å². The summed E-state index contributed by atoms with van der Waals surface area (Å²) in [5.74, 6) is 2.10. The van der Waals surface area contributed by atoms with Gasteiger partial charge in [0.05, 0.1) is 12.5 Å². The van der Waals surface area contributed by atoms with Gasteiger partial charge in [-0.1, -0.05) is 19.1 Å². The molecule has 128 valence electrons. The molecule has 0 radical (unpaired) electrons. The van der Waals surface area contributed by atoms with Gasteiger partial charge in [-0.05, 0) is 55.2 Å². The van der Waals surface area contributed by atoms with Crippen LogP contribution in [-0.2, 0) is 11.3 Å². The summed E-state index contributed by atoms with van der Waals surface area (Å²) in [6.45, 7) is 3.38. The Balaban J connectivity index is 0.00000192. The molecule has 23 heavy (non-hydrogen) atoms. The van der Waals surface area contributed by atoms with Crippen LogP contribution in [0.1, 0.15) is 38.2 Å². The molecule has 2 bridgehead atoms. The third-order valence-electron chi connectivity index (χ3n) is 5.15. The molecule has 3 rings (SSSR count). The van der Waals surface area contributed by atoms with Gasteiger partial charge in [0.2, 0.25) is 5.91 Å². The topological polar surface area (TPSA) is 64.3 Å². The van der Waals surface area contributed by atoms with Crippen LogP contribution in [0.25, 0.3) is 0 Å². The van der Waals surface area contributed by atoms with Crippen LogP contribution < -0.4 is 15.8 Å². The van der Waals surface area contributed by atoms with E-state index in [4.69, 9.17) is 10.5 Å². The van der Waals surface area contributed by atoms with Gasteiger partial charge >= 0.3 is 0 Å². The Morgan fingerprint density at radius 3 is 2.57 bits per heavy atom. The highest BCUT2D eigenvalue weighted by atomic mass is 35.5. The van der Waals surface area contributed by atoms with Crippen molar-refractivity contribution in [1.29, 1.82) is 0 Å². The average molecular weight is 339 g/mol. The van der Waals surface area contributed by atoms with Crippen LogP contribution in [0, 0.1) is 17.8 Å². The van der Waals surface area contributed by atoms with Crippen molar-refractivity contribution in [3.63, 3.8) is 0 Å². The minimum atomic E-state index is 0. The minimum Gasteiger partial charge on any atom is -0.494 e. The Labute approximate surface area is 144 Å². The zero-order valence-corrected chi connectivity index (χ0v) is 14.5. The number of benzene rings is 1. The number of nitrogens with one attached hydrogen (secondary N) is 1. The fourth-order valence-electron chi connectivity index (χ4n) is 3.96. The molecule has 0 heterocycles. The van der Waals surface area contributed by atoms with Crippen molar-refractivity contribution in [3.8, 4) is 5.75 Å². The van der Waals surface area contributed by atoms with Crippen LogP contribution in [0.4, 0.5) is 0 Å². The molecule has 2 aliphatic carbocycles. The molecule has 0 aromatic heterocycles. The van der Waals surface area contributed by atoms with Gasteiger partial charge in [-0.2, -0.15) is 0 Å². The predicted molar refractivity (Wildman–Crippen MR) is 93.6 cm³/mol. The van der Waals surface area contributed by atoms with Gasteiger partial charge in [-0.3, -0.25) is 4.79 Å². The molecule has 0 saturated heterocycles. The van der Waals surface area contributed by atoms with E-state index in [0.29, 0.717) is 18.4 Å². The van der Waals surface area contributed by atoms with E-state index in [9.17, 15) is 4.79 Å². The van der Waals surface area contributed by atoms with Crippen molar-refractivity contribution in [2.24, 2.45) is 23.5 Å². The maximum atomic E-state index is 12.4. The van der Waals surface area contributed by atoms with Gasteiger partial charge in [0.25, 0.3) is 0 Å². The fourth-order valence-corrected chi connectivity index (χ4v) is 3.96. The zero-order valence-electron chi connectivity index (χ0n) is 13.7. The molecule has 1 aromatic carbocycles. The molecule has 2 saturated carbocycles. The Morgan fingerprint density at radius 1 is 1.26 bits per heavy atom. The molecule has 2 aliphatic rings. The van der Waals surface area contributed by atoms with Crippen LogP contribution >= 0.6 is 12.4 Å². The lowest BCUT2D eigenvalue weighted by atomic mass is 9.84. The Hall–Kier alpha value is -1.26. The first-order valence-corrected chi connectivity index (χ1v) is 8.44. The maximum absolute atomic E-state index is 12.4. The molecule has 1 aromatic rings. The van der Waals surface area contributed by atoms with E-state index in [-0.39, 0.29) is 30.3 Å². The van der Waals surface area contributed by atoms with E-state index in [0.717, 1.165) is 30.8 Å². The summed E-state index contributed by atoms with van der Waals surface area (Å²) in [7, 11) is 0. The van der Waals surface area contributed by atoms with Gasteiger partial charge in [0, 0.05) is 12.6 Å². The number of carbonyl (C=O) groups is 1. The van der Waals surface area contributed by atoms with Gasteiger partial charge in [-0.15, -0.1) is 12.4 Å². The van der Waals surface area contributed by atoms with E-state index in [1.165, 1.54) is 12.8 Å². The molecule has 2 fully saturated rings. The summed E-state index contributed by atoms with van der Waals surface area (Å²) in [6, 6.07) is 7.99. The lowest BCUT2D eigenvalue weighted by Crippen LogP contribution is -2.45. The molecule has 4 unspecified atom stereocenters. The van der Waals surface area contributed by atoms with Crippen LogP contribution in [0.2, 0.25) is 0 Å². The Bertz CT molecular complexity index is 518. The number of hydrogen-bond donors (Lipinski definition) is 2. The van der Waals surface area contributed by atoms with E-state index >= 15 is 0 Å². The van der Waals surface area contributed by atoms with Crippen molar-refractivity contribution < 1.29 is 9.53 Å². The maximum Gasteiger partial charge on any atom is 0.225 e. The molecule has 0 aliphatic heterocycles. The highest BCUT2D eigenvalue weighted by Gasteiger charge is 2.48. The number of halogens is 1. The van der Waals surface area contributed by atoms with Gasteiger partial charge < -0.3 is 15.8 Å². The van der Waals surface area contributed by atoms with E-state index in [1.54, 1.807) is 0 Å².